The summed E-state index contributed by atoms with van der Waals surface area (Å²) in [5.41, 5.74) is 0.901. The lowest BCUT2D eigenvalue weighted by Gasteiger charge is -2.15. The molecule has 2 aromatic heterocycles. The van der Waals surface area contributed by atoms with E-state index in [9.17, 15) is 8.42 Å². The summed E-state index contributed by atoms with van der Waals surface area (Å²) in [6.45, 7) is 3.09. The SMILES string of the molecule is Cc1cccc(Nc2ccc(S(=O)(=O)N3CCCC3)cn2)n1. The van der Waals surface area contributed by atoms with Crippen LogP contribution in [0.5, 0.6) is 0 Å². The predicted molar refractivity (Wildman–Crippen MR) is 84.5 cm³/mol. The van der Waals surface area contributed by atoms with Crippen molar-refractivity contribution in [3.8, 4) is 0 Å². The monoisotopic (exact) mass is 318 g/mol. The molecule has 1 fully saturated rings. The van der Waals surface area contributed by atoms with Gasteiger partial charge in [-0.1, -0.05) is 6.07 Å². The number of hydrogen-bond acceptors (Lipinski definition) is 5. The smallest absolute Gasteiger partial charge is 0.244 e. The van der Waals surface area contributed by atoms with Crippen molar-refractivity contribution in [3.63, 3.8) is 0 Å². The Morgan fingerprint density at radius 3 is 2.50 bits per heavy atom. The molecule has 0 unspecified atom stereocenters. The second-order valence-corrected chi connectivity index (χ2v) is 7.22. The van der Waals surface area contributed by atoms with Crippen LogP contribution in [0, 0.1) is 6.92 Å². The molecule has 116 valence electrons. The van der Waals surface area contributed by atoms with Crippen LogP contribution in [-0.2, 0) is 10.0 Å². The lowest BCUT2D eigenvalue weighted by Crippen LogP contribution is -2.27. The van der Waals surface area contributed by atoms with Gasteiger partial charge < -0.3 is 5.32 Å². The molecule has 0 amide bonds. The van der Waals surface area contributed by atoms with E-state index >= 15 is 0 Å². The standard InChI is InChI=1S/C15H18N4O2S/c1-12-5-4-6-15(17-12)18-14-8-7-13(11-16-14)22(20,21)19-9-2-3-10-19/h4-8,11H,2-3,9-10H2,1H3,(H,16,17,18). The normalized spacial score (nSPS) is 15.9. The van der Waals surface area contributed by atoms with Gasteiger partial charge in [0.15, 0.2) is 0 Å². The zero-order valence-corrected chi connectivity index (χ0v) is 13.2. The first-order valence-electron chi connectivity index (χ1n) is 7.22. The minimum absolute atomic E-state index is 0.233. The largest absolute Gasteiger partial charge is 0.325 e. The number of hydrogen-bond donors (Lipinski definition) is 1. The lowest BCUT2D eigenvalue weighted by molar-refractivity contribution is 0.477. The van der Waals surface area contributed by atoms with Gasteiger partial charge >= 0.3 is 0 Å². The van der Waals surface area contributed by atoms with Gasteiger partial charge in [0.05, 0.1) is 0 Å². The maximum Gasteiger partial charge on any atom is 0.244 e. The van der Waals surface area contributed by atoms with Gasteiger partial charge in [0, 0.05) is 25.0 Å². The molecule has 2 aromatic rings. The van der Waals surface area contributed by atoms with Crippen LogP contribution in [0.3, 0.4) is 0 Å². The van der Waals surface area contributed by atoms with Crippen molar-refractivity contribution in [2.24, 2.45) is 0 Å². The summed E-state index contributed by atoms with van der Waals surface area (Å²) in [6, 6.07) is 8.89. The van der Waals surface area contributed by atoms with Gasteiger partial charge in [-0.25, -0.2) is 18.4 Å². The Kier molecular flexibility index (Phi) is 4.08. The van der Waals surface area contributed by atoms with E-state index in [4.69, 9.17) is 0 Å². The van der Waals surface area contributed by atoms with E-state index in [2.05, 4.69) is 15.3 Å². The zero-order valence-electron chi connectivity index (χ0n) is 12.4. The molecule has 0 atom stereocenters. The summed E-state index contributed by atoms with van der Waals surface area (Å²) in [5, 5.41) is 3.06. The highest BCUT2D eigenvalue weighted by Crippen LogP contribution is 2.21. The fraction of sp³-hybridized carbons (Fsp3) is 0.333. The van der Waals surface area contributed by atoms with Crippen molar-refractivity contribution in [2.45, 2.75) is 24.7 Å². The number of pyridine rings is 2. The van der Waals surface area contributed by atoms with Crippen LogP contribution in [0.4, 0.5) is 11.6 Å². The number of aromatic nitrogens is 2. The van der Waals surface area contributed by atoms with Crippen molar-refractivity contribution < 1.29 is 8.42 Å². The molecule has 1 saturated heterocycles. The molecule has 0 radical (unpaired) electrons. The van der Waals surface area contributed by atoms with E-state index in [0.717, 1.165) is 18.5 Å². The van der Waals surface area contributed by atoms with Gasteiger partial charge in [0.1, 0.15) is 16.5 Å². The third-order valence-electron chi connectivity index (χ3n) is 3.58. The van der Waals surface area contributed by atoms with E-state index in [-0.39, 0.29) is 4.90 Å². The van der Waals surface area contributed by atoms with Gasteiger partial charge in [-0.2, -0.15) is 4.31 Å². The molecule has 1 aliphatic rings. The summed E-state index contributed by atoms with van der Waals surface area (Å²) in [6.07, 6.45) is 3.24. The van der Waals surface area contributed by atoms with Crippen molar-refractivity contribution in [1.82, 2.24) is 14.3 Å². The topological polar surface area (TPSA) is 75.2 Å². The highest BCUT2D eigenvalue weighted by Gasteiger charge is 2.27. The Labute approximate surface area is 130 Å². The molecule has 0 aliphatic carbocycles. The fourth-order valence-electron chi connectivity index (χ4n) is 2.43. The van der Waals surface area contributed by atoms with E-state index in [1.807, 2.05) is 25.1 Å². The van der Waals surface area contributed by atoms with Gasteiger partial charge in [0.2, 0.25) is 10.0 Å². The summed E-state index contributed by atoms with van der Waals surface area (Å²) in [5.74, 6) is 1.25. The van der Waals surface area contributed by atoms with E-state index in [1.165, 1.54) is 10.5 Å². The third-order valence-corrected chi connectivity index (χ3v) is 5.47. The minimum atomic E-state index is -3.41. The first-order chi connectivity index (χ1) is 10.6. The van der Waals surface area contributed by atoms with E-state index in [1.54, 1.807) is 12.1 Å². The van der Waals surface area contributed by atoms with Gasteiger partial charge in [0.25, 0.3) is 0 Å². The maximum absolute atomic E-state index is 12.4. The number of rotatable bonds is 4. The first-order valence-corrected chi connectivity index (χ1v) is 8.66. The van der Waals surface area contributed by atoms with Crippen LogP contribution in [-0.4, -0.2) is 35.8 Å². The van der Waals surface area contributed by atoms with Crippen LogP contribution in [0.15, 0.2) is 41.4 Å². The van der Waals surface area contributed by atoms with Crippen molar-refractivity contribution in [2.75, 3.05) is 18.4 Å². The molecule has 3 heterocycles. The molecular weight excluding hydrogens is 300 g/mol. The molecular formula is C15H18N4O2S. The summed E-state index contributed by atoms with van der Waals surface area (Å²) < 4.78 is 26.3. The molecule has 7 heteroatoms. The lowest BCUT2D eigenvalue weighted by atomic mass is 10.3. The Morgan fingerprint density at radius 1 is 1.09 bits per heavy atom. The number of nitrogens with zero attached hydrogens (tertiary/aromatic N) is 3. The van der Waals surface area contributed by atoms with Gasteiger partial charge in [-0.3, -0.25) is 0 Å². The molecule has 3 rings (SSSR count). The molecule has 22 heavy (non-hydrogen) atoms. The van der Waals surface area contributed by atoms with Crippen LogP contribution in [0.1, 0.15) is 18.5 Å². The summed E-state index contributed by atoms with van der Waals surface area (Å²) in [4.78, 5) is 8.74. The van der Waals surface area contributed by atoms with E-state index < -0.39 is 10.0 Å². The van der Waals surface area contributed by atoms with Gasteiger partial charge in [-0.15, -0.1) is 0 Å². The summed E-state index contributed by atoms with van der Waals surface area (Å²) >= 11 is 0. The maximum atomic E-state index is 12.4. The molecule has 0 aromatic carbocycles. The average Bonchev–Trinajstić information content (AvgIpc) is 3.03. The number of sulfonamides is 1. The predicted octanol–water partition coefficient (Wildman–Crippen LogP) is 2.31. The Morgan fingerprint density at radius 2 is 1.86 bits per heavy atom. The molecule has 1 aliphatic heterocycles. The first kappa shape index (κ1) is 14.9. The Balaban J connectivity index is 1.78. The van der Waals surface area contributed by atoms with Crippen LogP contribution >= 0.6 is 0 Å². The molecule has 1 N–H and O–H groups in total. The van der Waals surface area contributed by atoms with Crippen LogP contribution in [0.2, 0.25) is 0 Å². The highest BCUT2D eigenvalue weighted by atomic mass is 32.2. The number of anilines is 2. The third kappa shape index (κ3) is 3.10. The Hall–Kier alpha value is -1.99. The fourth-order valence-corrected chi connectivity index (χ4v) is 3.89. The van der Waals surface area contributed by atoms with Crippen molar-refractivity contribution in [3.05, 3.63) is 42.2 Å². The van der Waals surface area contributed by atoms with Crippen molar-refractivity contribution >= 4 is 21.7 Å². The summed E-state index contributed by atoms with van der Waals surface area (Å²) in [7, 11) is -3.41. The van der Waals surface area contributed by atoms with Crippen LogP contribution in [0.25, 0.3) is 0 Å². The molecule has 0 spiro atoms. The Bertz CT molecular complexity index is 753. The number of aryl methyl sites for hydroxylation is 1. The number of nitrogens with one attached hydrogen (secondary N) is 1. The average molecular weight is 318 g/mol. The molecule has 0 saturated carbocycles. The second-order valence-electron chi connectivity index (χ2n) is 5.28. The quantitative estimate of drug-likeness (QED) is 0.936. The van der Waals surface area contributed by atoms with Crippen LogP contribution < -0.4 is 5.32 Å². The van der Waals surface area contributed by atoms with Crippen molar-refractivity contribution in [1.29, 1.82) is 0 Å². The molecule has 6 nitrogen and oxygen atoms in total. The highest BCUT2D eigenvalue weighted by molar-refractivity contribution is 7.89. The van der Waals surface area contributed by atoms with Gasteiger partial charge in [-0.05, 0) is 44.0 Å². The minimum Gasteiger partial charge on any atom is -0.325 e. The zero-order chi connectivity index (χ0) is 15.6. The second kappa shape index (κ2) is 6.02. The molecule has 0 bridgehead atoms. The van der Waals surface area contributed by atoms with E-state index in [0.29, 0.717) is 24.7 Å².